The number of benzene rings is 1. The van der Waals surface area contributed by atoms with E-state index in [1.807, 2.05) is 6.92 Å². The second kappa shape index (κ2) is 8.81. The third kappa shape index (κ3) is 4.94. The van der Waals surface area contributed by atoms with Crippen molar-refractivity contribution in [2.24, 2.45) is 10.7 Å². The van der Waals surface area contributed by atoms with Crippen LogP contribution >= 0.6 is 0 Å². The lowest BCUT2D eigenvalue weighted by atomic mass is 10.1. The van der Waals surface area contributed by atoms with Crippen molar-refractivity contribution < 1.29 is 4.39 Å². The molecule has 2 aromatic rings. The topological polar surface area (TPSA) is 111 Å². The first-order chi connectivity index (χ1) is 13.5. The molecule has 1 aromatic carbocycles. The summed E-state index contributed by atoms with van der Waals surface area (Å²) in [6.07, 6.45) is 6.07. The van der Waals surface area contributed by atoms with Crippen molar-refractivity contribution >= 4 is 29.4 Å². The van der Waals surface area contributed by atoms with Gasteiger partial charge in [-0.15, -0.1) is 0 Å². The highest BCUT2D eigenvalue weighted by molar-refractivity contribution is 5.97. The number of nitrogens with two attached hydrogens (primary N) is 1. The molecule has 1 aromatic heterocycles. The van der Waals surface area contributed by atoms with Crippen LogP contribution in [-0.2, 0) is 0 Å². The molecule has 0 unspecified atom stereocenters. The Kier molecular flexibility index (Phi) is 6.01. The summed E-state index contributed by atoms with van der Waals surface area (Å²) in [5.74, 6) is 1.61. The second-order valence-electron chi connectivity index (χ2n) is 6.23. The highest BCUT2D eigenvalue weighted by Gasteiger charge is 2.11. The van der Waals surface area contributed by atoms with E-state index in [1.165, 1.54) is 18.2 Å². The zero-order valence-electron chi connectivity index (χ0n) is 15.4. The van der Waals surface area contributed by atoms with Crippen molar-refractivity contribution in [1.82, 2.24) is 10.3 Å². The first-order valence-electron chi connectivity index (χ1n) is 8.78. The molecule has 0 amide bonds. The third-order valence-electron chi connectivity index (χ3n) is 4.12. The summed E-state index contributed by atoms with van der Waals surface area (Å²) in [5, 5.41) is 16.8. The average molecular weight is 379 g/mol. The maximum Gasteiger partial charge on any atom is 0.134 e. The normalized spacial score (nSPS) is 14.6. The van der Waals surface area contributed by atoms with E-state index < -0.39 is 0 Å². The molecule has 0 bridgehead atoms. The predicted octanol–water partition coefficient (Wildman–Crippen LogP) is 3.23. The fourth-order valence-electron chi connectivity index (χ4n) is 2.68. The summed E-state index contributed by atoms with van der Waals surface area (Å²) in [6, 6.07) is 9.82. The molecule has 0 radical (unpaired) electrons. The lowest BCUT2D eigenvalue weighted by molar-refractivity contribution is 0.626. The average Bonchev–Trinajstić information content (AvgIpc) is 2.69. The quantitative estimate of drug-likeness (QED) is 0.495. The Hall–Kier alpha value is -3.68. The SMILES string of the molecule is C[C@H](Nc1cc(C(N)=CC=N)cc(NC2=NC=CNC2)n1)c1ccc(F)cc1. The summed E-state index contributed by atoms with van der Waals surface area (Å²) < 4.78 is 13.2. The number of hydrogen-bond donors (Lipinski definition) is 5. The zero-order chi connectivity index (χ0) is 19.9. The van der Waals surface area contributed by atoms with Crippen molar-refractivity contribution in [3.63, 3.8) is 0 Å². The Balaban J connectivity index is 1.88. The summed E-state index contributed by atoms with van der Waals surface area (Å²) >= 11 is 0. The van der Waals surface area contributed by atoms with Gasteiger partial charge in [0.15, 0.2) is 0 Å². The molecular formula is C20H22FN7. The van der Waals surface area contributed by atoms with E-state index >= 15 is 0 Å². The summed E-state index contributed by atoms with van der Waals surface area (Å²) in [6.45, 7) is 2.52. The number of rotatable bonds is 6. The van der Waals surface area contributed by atoms with E-state index in [1.54, 1.807) is 36.7 Å². The number of nitrogens with zero attached hydrogens (tertiary/aromatic N) is 2. The molecule has 2 heterocycles. The van der Waals surface area contributed by atoms with Crippen LogP contribution in [0.1, 0.15) is 24.1 Å². The van der Waals surface area contributed by atoms with Crippen LogP contribution in [0.2, 0.25) is 0 Å². The fraction of sp³-hybridized carbons (Fsp3) is 0.150. The van der Waals surface area contributed by atoms with Gasteiger partial charge in [0.05, 0.1) is 6.54 Å². The molecule has 7 nitrogen and oxygen atoms in total. The van der Waals surface area contributed by atoms with E-state index in [0.717, 1.165) is 23.2 Å². The number of amidine groups is 1. The van der Waals surface area contributed by atoms with Gasteiger partial charge in [0.1, 0.15) is 23.3 Å². The lowest BCUT2D eigenvalue weighted by Crippen LogP contribution is -2.27. The number of pyridine rings is 1. The predicted molar refractivity (Wildman–Crippen MR) is 112 cm³/mol. The third-order valence-corrected chi connectivity index (χ3v) is 4.12. The first kappa shape index (κ1) is 19.1. The van der Waals surface area contributed by atoms with Gasteiger partial charge in [-0.25, -0.2) is 14.4 Å². The minimum atomic E-state index is -0.275. The van der Waals surface area contributed by atoms with Gasteiger partial charge in [0.2, 0.25) is 0 Å². The number of aliphatic imine (C=N–C) groups is 1. The van der Waals surface area contributed by atoms with Gasteiger partial charge >= 0.3 is 0 Å². The van der Waals surface area contributed by atoms with Crippen LogP contribution in [0.5, 0.6) is 0 Å². The van der Waals surface area contributed by atoms with Gasteiger partial charge in [0.25, 0.3) is 0 Å². The summed E-state index contributed by atoms with van der Waals surface area (Å²) in [7, 11) is 0. The lowest BCUT2D eigenvalue weighted by Gasteiger charge is -2.18. The Morgan fingerprint density at radius 1 is 1.29 bits per heavy atom. The molecule has 6 N–H and O–H groups in total. The van der Waals surface area contributed by atoms with Crippen molar-refractivity contribution in [3.05, 3.63) is 71.8 Å². The fourth-order valence-corrected chi connectivity index (χ4v) is 2.68. The van der Waals surface area contributed by atoms with Crippen LogP contribution in [0.4, 0.5) is 16.0 Å². The van der Waals surface area contributed by atoms with Crippen molar-refractivity contribution in [2.75, 3.05) is 17.2 Å². The van der Waals surface area contributed by atoms with Crippen LogP contribution in [-0.4, -0.2) is 23.6 Å². The molecule has 1 aliphatic rings. The minimum absolute atomic E-state index is 0.0965. The van der Waals surface area contributed by atoms with Gasteiger partial charge in [-0.1, -0.05) is 12.1 Å². The minimum Gasteiger partial charge on any atom is -0.398 e. The van der Waals surface area contributed by atoms with Crippen LogP contribution in [0, 0.1) is 11.2 Å². The smallest absolute Gasteiger partial charge is 0.134 e. The molecule has 8 heteroatoms. The number of nitrogens with one attached hydrogen (secondary N) is 4. The maximum atomic E-state index is 13.2. The molecule has 0 fully saturated rings. The number of allylic oxidation sites excluding steroid dienone is 1. The first-order valence-corrected chi connectivity index (χ1v) is 8.78. The van der Waals surface area contributed by atoms with Gasteiger partial charge in [-0.2, -0.15) is 0 Å². The van der Waals surface area contributed by atoms with Crippen LogP contribution < -0.4 is 21.7 Å². The maximum absolute atomic E-state index is 13.2. The molecule has 0 aliphatic carbocycles. The standard InChI is InChI=1S/C20H22FN7/c1-13(14-2-4-16(21)5-3-14)26-18-10-15(17(23)6-7-22)11-19(27-18)28-20-12-24-8-9-25-20/h2-11,13,22,24H,12,23H2,1H3,(H2,25,26,27,28)/t13-/m0/s1. The molecule has 144 valence electrons. The second-order valence-corrected chi connectivity index (χ2v) is 6.23. The molecule has 0 spiro atoms. The van der Waals surface area contributed by atoms with E-state index in [2.05, 4.69) is 25.9 Å². The summed E-state index contributed by atoms with van der Waals surface area (Å²) in [5.41, 5.74) is 8.16. The number of aromatic nitrogens is 1. The molecule has 0 saturated heterocycles. The molecule has 3 rings (SSSR count). The number of hydrogen-bond acceptors (Lipinski definition) is 7. The number of halogens is 1. The van der Waals surface area contributed by atoms with Crippen molar-refractivity contribution in [3.8, 4) is 0 Å². The monoisotopic (exact) mass is 379 g/mol. The van der Waals surface area contributed by atoms with Gasteiger partial charge in [-0.3, -0.25) is 0 Å². The van der Waals surface area contributed by atoms with Crippen molar-refractivity contribution in [2.45, 2.75) is 13.0 Å². The molecular weight excluding hydrogens is 357 g/mol. The highest BCUT2D eigenvalue weighted by atomic mass is 19.1. The highest BCUT2D eigenvalue weighted by Crippen LogP contribution is 2.23. The van der Waals surface area contributed by atoms with Crippen LogP contribution in [0.3, 0.4) is 0 Å². The van der Waals surface area contributed by atoms with Gasteiger partial charge in [-0.05, 0) is 42.8 Å². The van der Waals surface area contributed by atoms with Crippen LogP contribution in [0.15, 0.2) is 59.9 Å². The Morgan fingerprint density at radius 2 is 2.04 bits per heavy atom. The number of anilines is 2. The summed E-state index contributed by atoms with van der Waals surface area (Å²) in [4.78, 5) is 8.85. The Bertz CT molecular complexity index is 932. The Labute approximate surface area is 162 Å². The molecule has 1 atom stereocenters. The van der Waals surface area contributed by atoms with Gasteiger partial charge < -0.3 is 27.1 Å². The molecule has 1 aliphatic heterocycles. The largest absolute Gasteiger partial charge is 0.398 e. The van der Waals surface area contributed by atoms with E-state index in [0.29, 0.717) is 23.9 Å². The van der Waals surface area contributed by atoms with Gasteiger partial charge in [0, 0.05) is 35.9 Å². The molecule has 0 saturated carbocycles. The Morgan fingerprint density at radius 3 is 2.71 bits per heavy atom. The van der Waals surface area contributed by atoms with Crippen LogP contribution in [0.25, 0.3) is 5.70 Å². The molecule has 28 heavy (non-hydrogen) atoms. The van der Waals surface area contributed by atoms with E-state index in [9.17, 15) is 4.39 Å². The van der Waals surface area contributed by atoms with Crippen molar-refractivity contribution in [1.29, 1.82) is 5.41 Å². The zero-order valence-corrected chi connectivity index (χ0v) is 15.4. The van der Waals surface area contributed by atoms with E-state index in [4.69, 9.17) is 11.1 Å². The van der Waals surface area contributed by atoms with E-state index in [-0.39, 0.29) is 11.9 Å².